The van der Waals surface area contributed by atoms with Crippen molar-refractivity contribution in [3.8, 4) is 5.75 Å². The van der Waals surface area contributed by atoms with E-state index in [0.717, 1.165) is 19.3 Å². The second kappa shape index (κ2) is 11.2. The first-order valence-electron chi connectivity index (χ1n) is 11.6. The van der Waals surface area contributed by atoms with Crippen LogP contribution in [-0.4, -0.2) is 74.3 Å². The summed E-state index contributed by atoms with van der Waals surface area (Å²) in [6.07, 6.45) is -1.93. The maximum absolute atomic E-state index is 12.9. The summed E-state index contributed by atoms with van der Waals surface area (Å²) in [6.45, 7) is 2.80. The number of ether oxygens (including phenoxy) is 2. The molecular weight excluding hydrogens is 437 g/mol. The Kier molecular flexibility index (Phi) is 8.62. The minimum absolute atomic E-state index is 0.134. The Morgan fingerprint density at radius 2 is 1.79 bits per heavy atom. The van der Waals surface area contributed by atoms with Crippen LogP contribution in [0.5, 0.6) is 5.75 Å². The third-order valence-electron chi connectivity index (χ3n) is 6.61. The summed E-state index contributed by atoms with van der Waals surface area (Å²) in [4.78, 5) is 28.3. The van der Waals surface area contributed by atoms with Crippen molar-refractivity contribution >= 4 is 11.8 Å². The number of piperidine rings is 1. The van der Waals surface area contributed by atoms with E-state index in [0.29, 0.717) is 63.6 Å². The van der Waals surface area contributed by atoms with Crippen LogP contribution in [0.3, 0.4) is 0 Å². The Bertz CT molecular complexity index is 807. The highest BCUT2D eigenvalue weighted by Gasteiger charge is 2.37. The van der Waals surface area contributed by atoms with E-state index < -0.39 is 24.9 Å². The third kappa shape index (κ3) is 7.35. The van der Waals surface area contributed by atoms with E-state index in [1.807, 2.05) is 6.07 Å². The van der Waals surface area contributed by atoms with E-state index in [1.54, 1.807) is 30.1 Å². The highest BCUT2D eigenvalue weighted by atomic mass is 19.4. The predicted molar refractivity (Wildman–Crippen MR) is 117 cm³/mol. The first kappa shape index (κ1) is 25.3. The number of rotatable bonds is 2. The van der Waals surface area contributed by atoms with Gasteiger partial charge < -0.3 is 19.3 Å². The molecule has 1 saturated heterocycles. The van der Waals surface area contributed by atoms with Crippen molar-refractivity contribution < 1.29 is 32.2 Å². The van der Waals surface area contributed by atoms with Crippen LogP contribution in [0.2, 0.25) is 0 Å². The number of benzene rings is 1. The Balaban J connectivity index is 1.69. The lowest BCUT2D eigenvalue weighted by atomic mass is 9.75. The number of amides is 2. The van der Waals surface area contributed by atoms with Gasteiger partial charge in [0.25, 0.3) is 5.91 Å². The van der Waals surface area contributed by atoms with Crippen LogP contribution in [0.4, 0.5) is 13.2 Å². The molecule has 33 heavy (non-hydrogen) atoms. The number of hydrogen-bond acceptors (Lipinski definition) is 4. The fourth-order valence-electron chi connectivity index (χ4n) is 4.42. The summed E-state index contributed by atoms with van der Waals surface area (Å²) in [7, 11) is 1.74. The summed E-state index contributed by atoms with van der Waals surface area (Å²) < 4.78 is 49.4. The van der Waals surface area contributed by atoms with Crippen LogP contribution >= 0.6 is 0 Å². The van der Waals surface area contributed by atoms with Gasteiger partial charge in [-0.1, -0.05) is 18.6 Å². The SMILES string of the molecule is CN1CCOCCCCC2(CCN(C(=O)CCC(F)(F)F)CC2)COc2ccccc2C1=O. The second-order valence-corrected chi connectivity index (χ2v) is 9.08. The summed E-state index contributed by atoms with van der Waals surface area (Å²) >= 11 is 0. The molecule has 2 heterocycles. The summed E-state index contributed by atoms with van der Waals surface area (Å²) in [5, 5.41) is 0. The molecular formula is C24H33F3N2O4. The molecule has 9 heteroatoms. The van der Waals surface area contributed by atoms with E-state index in [4.69, 9.17) is 9.47 Å². The van der Waals surface area contributed by atoms with Gasteiger partial charge in [-0.3, -0.25) is 9.59 Å². The van der Waals surface area contributed by atoms with Crippen LogP contribution < -0.4 is 4.74 Å². The number of carbonyl (C=O) groups excluding carboxylic acids is 2. The first-order valence-corrected chi connectivity index (χ1v) is 11.6. The Morgan fingerprint density at radius 3 is 2.52 bits per heavy atom. The number of carbonyl (C=O) groups is 2. The van der Waals surface area contributed by atoms with Crippen molar-refractivity contribution in [3.05, 3.63) is 29.8 Å². The molecule has 1 fully saturated rings. The number of para-hydroxylation sites is 1. The molecule has 1 aromatic rings. The molecule has 0 aromatic heterocycles. The number of likely N-dealkylation sites (N-methyl/N-ethyl adjacent to an activating group) is 1. The van der Waals surface area contributed by atoms with Gasteiger partial charge in [-0.15, -0.1) is 0 Å². The molecule has 0 bridgehead atoms. The monoisotopic (exact) mass is 470 g/mol. The van der Waals surface area contributed by atoms with Crippen LogP contribution in [-0.2, 0) is 9.53 Å². The number of halogens is 3. The lowest BCUT2D eigenvalue weighted by Gasteiger charge is -2.42. The maximum atomic E-state index is 12.9. The standard InChI is InChI=1S/C24H33F3N2O4/c1-28-15-17-32-16-5-4-9-23(18-33-20-7-3-2-6-19(20)22(28)31)11-13-29(14-12-23)21(30)8-10-24(25,26)27/h2-3,6-7H,4-5,8-18H2,1H3. The lowest BCUT2D eigenvalue weighted by molar-refractivity contribution is -0.150. The Labute approximate surface area is 193 Å². The van der Waals surface area contributed by atoms with E-state index in [1.165, 1.54) is 4.90 Å². The average molecular weight is 471 g/mol. The Morgan fingerprint density at radius 1 is 1.06 bits per heavy atom. The van der Waals surface area contributed by atoms with Gasteiger partial charge in [0.1, 0.15) is 5.75 Å². The van der Waals surface area contributed by atoms with Crippen molar-refractivity contribution in [2.24, 2.45) is 5.41 Å². The van der Waals surface area contributed by atoms with E-state index in [2.05, 4.69) is 0 Å². The van der Waals surface area contributed by atoms with Gasteiger partial charge in [0.05, 0.1) is 25.2 Å². The molecule has 0 aliphatic carbocycles. The zero-order chi connectivity index (χ0) is 23.9. The van der Waals surface area contributed by atoms with Gasteiger partial charge in [0.2, 0.25) is 5.91 Å². The quantitative estimate of drug-likeness (QED) is 0.647. The van der Waals surface area contributed by atoms with Gasteiger partial charge >= 0.3 is 6.18 Å². The van der Waals surface area contributed by atoms with E-state index in [9.17, 15) is 22.8 Å². The minimum atomic E-state index is -4.33. The maximum Gasteiger partial charge on any atom is 0.389 e. The van der Waals surface area contributed by atoms with Crippen molar-refractivity contribution in [2.45, 2.75) is 51.1 Å². The third-order valence-corrected chi connectivity index (χ3v) is 6.61. The molecule has 2 aliphatic rings. The van der Waals surface area contributed by atoms with Crippen LogP contribution in [0, 0.1) is 5.41 Å². The minimum Gasteiger partial charge on any atom is -0.492 e. The second-order valence-electron chi connectivity index (χ2n) is 9.08. The molecule has 184 valence electrons. The zero-order valence-corrected chi connectivity index (χ0v) is 19.2. The first-order chi connectivity index (χ1) is 15.7. The van der Waals surface area contributed by atoms with E-state index >= 15 is 0 Å². The van der Waals surface area contributed by atoms with Gasteiger partial charge in [0.15, 0.2) is 0 Å². The summed E-state index contributed by atoms with van der Waals surface area (Å²) in [5.74, 6) is -0.0582. The smallest absolute Gasteiger partial charge is 0.389 e. The van der Waals surface area contributed by atoms with Gasteiger partial charge in [-0.2, -0.15) is 13.2 Å². The zero-order valence-electron chi connectivity index (χ0n) is 19.2. The topological polar surface area (TPSA) is 59.1 Å². The Hall–Kier alpha value is -2.29. The van der Waals surface area contributed by atoms with E-state index in [-0.39, 0.29) is 11.3 Å². The lowest BCUT2D eigenvalue weighted by Crippen LogP contribution is -2.45. The highest BCUT2D eigenvalue weighted by Crippen LogP contribution is 2.38. The van der Waals surface area contributed by atoms with Gasteiger partial charge in [-0.25, -0.2) is 0 Å². The van der Waals surface area contributed by atoms with Gasteiger partial charge in [0, 0.05) is 45.1 Å². The largest absolute Gasteiger partial charge is 0.492 e. The molecule has 2 amide bonds. The van der Waals surface area contributed by atoms with Crippen LogP contribution in [0.1, 0.15) is 55.3 Å². The van der Waals surface area contributed by atoms with Crippen LogP contribution in [0.25, 0.3) is 0 Å². The van der Waals surface area contributed by atoms with Gasteiger partial charge in [-0.05, 0) is 37.8 Å². The average Bonchev–Trinajstić information content (AvgIpc) is 2.80. The molecule has 0 saturated carbocycles. The number of likely N-dealkylation sites (tertiary alicyclic amines) is 1. The summed E-state index contributed by atoms with van der Waals surface area (Å²) in [5.41, 5.74) is 0.291. The van der Waals surface area contributed by atoms with Crippen molar-refractivity contribution in [1.29, 1.82) is 0 Å². The van der Waals surface area contributed by atoms with Crippen molar-refractivity contribution in [2.75, 3.05) is 46.5 Å². The number of nitrogens with zero attached hydrogens (tertiary/aromatic N) is 2. The fraction of sp³-hybridized carbons (Fsp3) is 0.667. The molecule has 6 nitrogen and oxygen atoms in total. The molecule has 0 N–H and O–H groups in total. The number of hydrogen-bond donors (Lipinski definition) is 0. The molecule has 0 atom stereocenters. The number of alkyl halides is 3. The molecule has 0 unspecified atom stereocenters. The fourth-order valence-corrected chi connectivity index (χ4v) is 4.42. The summed E-state index contributed by atoms with van der Waals surface area (Å²) in [6, 6.07) is 7.16. The van der Waals surface area contributed by atoms with Crippen LogP contribution in [0.15, 0.2) is 24.3 Å². The highest BCUT2D eigenvalue weighted by molar-refractivity contribution is 5.96. The predicted octanol–water partition coefficient (Wildman–Crippen LogP) is 4.29. The van der Waals surface area contributed by atoms with Crippen molar-refractivity contribution in [3.63, 3.8) is 0 Å². The molecule has 0 radical (unpaired) electrons. The molecule has 1 aromatic carbocycles. The van der Waals surface area contributed by atoms with Crippen molar-refractivity contribution in [1.82, 2.24) is 9.80 Å². The normalized spacial score (nSPS) is 20.7. The molecule has 3 rings (SSSR count). The molecule has 2 aliphatic heterocycles. The number of fused-ring (bicyclic) bond motifs is 1. The molecule has 1 spiro atoms.